The van der Waals surface area contributed by atoms with Gasteiger partial charge in [0.25, 0.3) is 5.56 Å². The van der Waals surface area contributed by atoms with Crippen LogP contribution in [0.25, 0.3) is 22.6 Å². The number of nitrogens with one attached hydrogen (secondary N) is 1. The van der Waals surface area contributed by atoms with Crippen molar-refractivity contribution in [1.29, 1.82) is 0 Å². The van der Waals surface area contributed by atoms with Crippen molar-refractivity contribution in [1.82, 2.24) is 9.55 Å². The van der Waals surface area contributed by atoms with E-state index in [9.17, 15) is 14.4 Å². The minimum Gasteiger partial charge on any atom is -0.478 e. The average Bonchev–Trinajstić information content (AvgIpc) is 3.11. The highest BCUT2D eigenvalue weighted by Crippen LogP contribution is 2.29. The number of benzene rings is 2. The number of hydrogen-bond acceptors (Lipinski definition) is 4. The molecule has 3 aromatic rings. The topological polar surface area (TPSA) is 101 Å². The van der Waals surface area contributed by atoms with Crippen LogP contribution >= 0.6 is 11.6 Å². The Morgan fingerprint density at radius 1 is 1.17 bits per heavy atom. The lowest BCUT2D eigenvalue weighted by Gasteiger charge is -2.08. The van der Waals surface area contributed by atoms with Gasteiger partial charge in [-0.15, -0.1) is 0 Å². The summed E-state index contributed by atoms with van der Waals surface area (Å²) in [6, 6.07) is 12.2. The highest BCUT2D eigenvalue weighted by Gasteiger charge is 2.21. The van der Waals surface area contributed by atoms with Crippen LogP contribution in [-0.2, 0) is 16.1 Å². The molecule has 0 bridgehead atoms. The maximum absolute atomic E-state index is 12.9. The molecule has 0 spiro atoms. The van der Waals surface area contributed by atoms with E-state index in [0.717, 1.165) is 23.3 Å². The van der Waals surface area contributed by atoms with Gasteiger partial charge < -0.3 is 10.4 Å². The van der Waals surface area contributed by atoms with E-state index in [4.69, 9.17) is 16.7 Å². The maximum Gasteiger partial charge on any atom is 0.328 e. The number of rotatable bonds is 4. The second-order valence-corrected chi connectivity index (χ2v) is 7.13. The number of hydrogen-bond donors (Lipinski definition) is 2. The van der Waals surface area contributed by atoms with Crippen molar-refractivity contribution in [2.45, 2.75) is 13.0 Å². The quantitative estimate of drug-likeness (QED) is 0.627. The first-order chi connectivity index (χ1) is 14.4. The highest BCUT2D eigenvalue weighted by atomic mass is 35.5. The van der Waals surface area contributed by atoms with Crippen molar-refractivity contribution in [3.8, 4) is 0 Å². The number of halogens is 1. The van der Waals surface area contributed by atoms with Crippen LogP contribution in [-0.4, -0.2) is 26.5 Å². The van der Waals surface area contributed by atoms with Crippen LogP contribution < -0.4 is 10.9 Å². The van der Waals surface area contributed by atoms with Gasteiger partial charge >= 0.3 is 5.97 Å². The van der Waals surface area contributed by atoms with Gasteiger partial charge in [-0.1, -0.05) is 29.8 Å². The van der Waals surface area contributed by atoms with Crippen LogP contribution in [0.5, 0.6) is 0 Å². The number of aromatic nitrogens is 2. The first kappa shape index (κ1) is 19.6. The van der Waals surface area contributed by atoms with Crippen LogP contribution in [0.4, 0.5) is 5.69 Å². The fourth-order valence-corrected chi connectivity index (χ4v) is 3.53. The largest absolute Gasteiger partial charge is 0.478 e. The van der Waals surface area contributed by atoms with Crippen molar-refractivity contribution in [2.75, 3.05) is 5.32 Å². The van der Waals surface area contributed by atoms with Crippen molar-refractivity contribution in [3.05, 3.63) is 81.4 Å². The smallest absolute Gasteiger partial charge is 0.328 e. The third kappa shape index (κ3) is 3.88. The fraction of sp³-hybridized carbons (Fsp3) is 0.0909. The lowest BCUT2D eigenvalue weighted by molar-refractivity contribution is -0.131. The van der Waals surface area contributed by atoms with E-state index >= 15 is 0 Å². The number of anilines is 1. The van der Waals surface area contributed by atoms with E-state index in [1.807, 2.05) is 24.3 Å². The molecule has 7 nitrogen and oxygen atoms in total. The third-order valence-corrected chi connectivity index (χ3v) is 5.07. The molecule has 2 aromatic carbocycles. The van der Waals surface area contributed by atoms with Gasteiger partial charge in [0.2, 0.25) is 5.91 Å². The first-order valence-corrected chi connectivity index (χ1v) is 9.52. The molecule has 0 atom stereocenters. The molecule has 30 heavy (non-hydrogen) atoms. The molecule has 0 saturated heterocycles. The van der Waals surface area contributed by atoms with Crippen LogP contribution in [0, 0.1) is 0 Å². The summed E-state index contributed by atoms with van der Waals surface area (Å²) in [5.41, 5.74) is 2.46. The van der Waals surface area contributed by atoms with E-state index in [1.54, 1.807) is 28.8 Å². The van der Waals surface area contributed by atoms with E-state index < -0.39 is 11.9 Å². The number of carbonyl (C=O) groups excluding carboxylic acids is 1. The zero-order chi connectivity index (χ0) is 21.3. The molecular weight excluding hydrogens is 406 g/mol. The van der Waals surface area contributed by atoms with Gasteiger partial charge in [0, 0.05) is 29.4 Å². The number of amides is 1. The molecule has 2 N–H and O–H groups in total. The van der Waals surface area contributed by atoms with Crippen molar-refractivity contribution < 1.29 is 14.7 Å². The minimum atomic E-state index is -1.22. The number of carboxylic acid groups (broad SMARTS) is 1. The second-order valence-electron chi connectivity index (χ2n) is 6.73. The van der Waals surface area contributed by atoms with Gasteiger partial charge in [-0.3, -0.25) is 14.2 Å². The molecule has 1 aromatic heterocycles. The van der Waals surface area contributed by atoms with Crippen molar-refractivity contribution >= 4 is 51.7 Å². The predicted octanol–water partition coefficient (Wildman–Crippen LogP) is 3.57. The molecule has 4 rings (SSSR count). The van der Waals surface area contributed by atoms with Crippen LogP contribution in [0.3, 0.4) is 0 Å². The van der Waals surface area contributed by atoms with Crippen molar-refractivity contribution in [2.24, 2.45) is 0 Å². The molecule has 1 aliphatic rings. The summed E-state index contributed by atoms with van der Waals surface area (Å²) in [7, 11) is 0. The van der Waals surface area contributed by atoms with Crippen molar-refractivity contribution in [3.63, 3.8) is 0 Å². The van der Waals surface area contributed by atoms with Gasteiger partial charge in [-0.05, 0) is 47.9 Å². The van der Waals surface area contributed by atoms with E-state index in [-0.39, 0.29) is 5.56 Å². The average molecular weight is 422 g/mol. The molecule has 0 fully saturated rings. The van der Waals surface area contributed by atoms with Gasteiger partial charge in [0.05, 0.1) is 10.9 Å². The molecular formula is C22H16ClN3O4. The zero-order valence-electron chi connectivity index (χ0n) is 15.6. The Balaban J connectivity index is 1.73. The monoisotopic (exact) mass is 421 g/mol. The Kier molecular flexibility index (Phi) is 5.20. The summed E-state index contributed by atoms with van der Waals surface area (Å²) in [5, 5.41) is 12.2. The normalized spacial score (nSPS) is 14.4. The molecule has 1 aliphatic heterocycles. The van der Waals surface area contributed by atoms with E-state index in [1.165, 1.54) is 0 Å². The Morgan fingerprint density at radius 3 is 2.73 bits per heavy atom. The second kappa shape index (κ2) is 7.96. The Bertz CT molecular complexity index is 1310. The molecule has 150 valence electrons. The minimum absolute atomic E-state index is 0.152. The lowest BCUT2D eigenvalue weighted by atomic mass is 10.1. The van der Waals surface area contributed by atoms with E-state index in [2.05, 4.69) is 10.3 Å². The number of carboxylic acids is 1. The third-order valence-electron chi connectivity index (χ3n) is 4.73. The number of carbonyl (C=O) groups is 2. The summed E-state index contributed by atoms with van der Waals surface area (Å²) < 4.78 is 1.64. The van der Waals surface area contributed by atoms with Crippen LogP contribution in [0.2, 0.25) is 5.02 Å². The Hall–Kier alpha value is -3.71. The standard InChI is InChI=1S/C22H16ClN3O4/c23-17-4-2-1-3-13(17)11-14-9-10-26-21(14)25-18-12-15(5-6-16(18)22(26)30)24-19(27)7-8-20(28)29/h1-8,11-12H,9-10H2,(H,24,27)(H,28,29)/b8-7-,14-11?. The molecule has 0 radical (unpaired) electrons. The highest BCUT2D eigenvalue weighted by molar-refractivity contribution is 6.32. The predicted molar refractivity (Wildman–Crippen MR) is 115 cm³/mol. The van der Waals surface area contributed by atoms with Gasteiger partial charge in [0.1, 0.15) is 5.82 Å². The summed E-state index contributed by atoms with van der Waals surface area (Å²) in [5.74, 6) is -1.23. The van der Waals surface area contributed by atoms with Gasteiger partial charge in [0.15, 0.2) is 0 Å². The fourth-order valence-electron chi connectivity index (χ4n) is 3.34. The lowest BCUT2D eigenvalue weighted by Crippen LogP contribution is -2.21. The molecule has 2 heterocycles. The van der Waals surface area contributed by atoms with Crippen LogP contribution in [0.1, 0.15) is 17.8 Å². The maximum atomic E-state index is 12.9. The molecule has 0 unspecified atom stereocenters. The number of nitrogens with zero attached hydrogens (tertiary/aromatic N) is 2. The first-order valence-electron chi connectivity index (χ1n) is 9.14. The molecule has 8 heteroatoms. The zero-order valence-corrected chi connectivity index (χ0v) is 16.4. The van der Waals surface area contributed by atoms with Gasteiger partial charge in [-0.2, -0.15) is 0 Å². The van der Waals surface area contributed by atoms with Crippen LogP contribution in [0.15, 0.2) is 59.4 Å². The van der Waals surface area contributed by atoms with Gasteiger partial charge in [-0.25, -0.2) is 9.78 Å². The summed E-state index contributed by atoms with van der Waals surface area (Å²) in [6.45, 7) is 0.534. The SMILES string of the molecule is O=C(O)/C=C\C(=O)Nc1ccc2c(=O)n3c(nc2c1)C(=Cc1ccccc1Cl)CC3. The number of aliphatic carboxylic acids is 1. The Morgan fingerprint density at radius 2 is 1.97 bits per heavy atom. The summed E-state index contributed by atoms with van der Waals surface area (Å²) >= 11 is 6.25. The summed E-state index contributed by atoms with van der Waals surface area (Å²) in [4.78, 5) is 39.9. The number of allylic oxidation sites excluding steroid dienone is 1. The number of fused-ring (bicyclic) bond motifs is 2. The summed E-state index contributed by atoms with van der Waals surface area (Å²) in [6.07, 6.45) is 4.26. The molecule has 1 amide bonds. The molecule has 0 saturated carbocycles. The Labute approximate surface area is 175 Å². The van der Waals surface area contributed by atoms with E-state index in [0.29, 0.717) is 40.4 Å². The molecule has 0 aliphatic carbocycles.